The van der Waals surface area contributed by atoms with Crippen LogP contribution in [0.5, 0.6) is 0 Å². The second-order valence-electron chi connectivity index (χ2n) is 3.33. The van der Waals surface area contributed by atoms with Crippen LogP contribution in [0.4, 0.5) is 18.2 Å². The Balaban J connectivity index is 3.03. The first-order valence-electron chi connectivity index (χ1n) is 4.73. The maximum Gasteiger partial charge on any atom is 0.393 e. The highest BCUT2D eigenvalue weighted by Gasteiger charge is 2.29. The molecule has 0 fully saturated rings. The van der Waals surface area contributed by atoms with Gasteiger partial charge >= 0.3 is 6.18 Å². The molecule has 94 valence electrons. The third kappa shape index (κ3) is 4.18. The highest BCUT2D eigenvalue weighted by Crippen LogP contribution is 2.33. The van der Waals surface area contributed by atoms with E-state index in [1.54, 1.807) is 14.0 Å². The Hall–Kier alpha value is -1.37. The average molecular weight is 264 g/mol. The van der Waals surface area contributed by atoms with Crippen molar-refractivity contribution in [3.8, 4) is 0 Å². The Kier molecular flexibility index (Phi) is 4.28. The van der Waals surface area contributed by atoms with Crippen LogP contribution in [0.25, 0.3) is 0 Å². The summed E-state index contributed by atoms with van der Waals surface area (Å²) < 4.78 is 36.6. The minimum Gasteiger partial charge on any atom is -0.377 e. The van der Waals surface area contributed by atoms with Gasteiger partial charge in [0.05, 0.1) is 17.8 Å². The van der Waals surface area contributed by atoms with Crippen LogP contribution in [0.2, 0.25) is 0 Å². The van der Waals surface area contributed by atoms with Gasteiger partial charge in [0.15, 0.2) is 6.29 Å². The van der Waals surface area contributed by atoms with Crippen molar-refractivity contribution in [3.63, 3.8) is 0 Å². The molecule has 0 saturated carbocycles. The minimum atomic E-state index is -4.27. The van der Waals surface area contributed by atoms with Crippen LogP contribution < -0.4 is 5.32 Å². The summed E-state index contributed by atoms with van der Waals surface area (Å²) in [5, 5.41) is 3.04. The molecule has 0 aliphatic heterocycles. The number of carbonyl (C=O) groups is 1. The van der Waals surface area contributed by atoms with Crippen LogP contribution in [-0.4, -0.2) is 25.3 Å². The van der Waals surface area contributed by atoms with E-state index in [-0.39, 0.29) is 10.4 Å². The van der Waals surface area contributed by atoms with E-state index in [1.807, 2.05) is 0 Å². The van der Waals surface area contributed by atoms with Gasteiger partial charge in [-0.25, -0.2) is 4.99 Å². The van der Waals surface area contributed by atoms with Gasteiger partial charge in [0.25, 0.3) is 0 Å². The summed E-state index contributed by atoms with van der Waals surface area (Å²) in [4.78, 5) is 14.8. The molecule has 0 bridgehead atoms. The first-order chi connectivity index (χ1) is 7.85. The van der Waals surface area contributed by atoms with Crippen LogP contribution >= 0.6 is 11.3 Å². The van der Waals surface area contributed by atoms with Crippen molar-refractivity contribution in [3.05, 3.63) is 16.5 Å². The quantitative estimate of drug-likeness (QED) is 0.518. The van der Waals surface area contributed by atoms with E-state index in [4.69, 9.17) is 0 Å². The number of rotatable bonds is 3. The third-order valence-corrected chi connectivity index (χ3v) is 2.97. The van der Waals surface area contributed by atoms with Crippen LogP contribution in [0.3, 0.4) is 0 Å². The highest BCUT2D eigenvalue weighted by molar-refractivity contribution is 7.16. The maximum atomic E-state index is 12.2. The Morgan fingerprint density at radius 2 is 2.24 bits per heavy atom. The van der Waals surface area contributed by atoms with E-state index in [1.165, 1.54) is 6.07 Å². The van der Waals surface area contributed by atoms with Crippen LogP contribution in [0.1, 0.15) is 22.2 Å². The largest absolute Gasteiger partial charge is 0.393 e. The van der Waals surface area contributed by atoms with Crippen molar-refractivity contribution in [2.45, 2.75) is 19.5 Å². The smallest absolute Gasteiger partial charge is 0.377 e. The fourth-order valence-corrected chi connectivity index (χ4v) is 2.19. The topological polar surface area (TPSA) is 41.5 Å². The fourth-order valence-electron chi connectivity index (χ4n) is 1.11. The Morgan fingerprint density at radius 3 is 2.71 bits per heavy atom. The molecule has 0 saturated heterocycles. The van der Waals surface area contributed by atoms with E-state index < -0.39 is 12.6 Å². The summed E-state index contributed by atoms with van der Waals surface area (Å²) >= 11 is 0.876. The molecule has 0 unspecified atom stereocenters. The van der Waals surface area contributed by atoms with E-state index >= 15 is 0 Å². The van der Waals surface area contributed by atoms with Crippen molar-refractivity contribution >= 4 is 28.5 Å². The maximum absolute atomic E-state index is 12.2. The summed E-state index contributed by atoms with van der Waals surface area (Å²) in [5.74, 6) is 0.536. The van der Waals surface area contributed by atoms with Crippen molar-refractivity contribution in [1.29, 1.82) is 0 Å². The molecule has 1 rings (SSSR count). The molecule has 3 nitrogen and oxygen atoms in total. The zero-order valence-electron chi connectivity index (χ0n) is 9.26. The number of halogens is 3. The normalized spacial score (nSPS) is 12.6. The lowest BCUT2D eigenvalue weighted by atomic mass is 10.2. The number of carbonyl (C=O) groups excluding carboxylic acids is 1. The molecule has 17 heavy (non-hydrogen) atoms. The molecule has 1 aromatic heterocycles. The van der Waals surface area contributed by atoms with Gasteiger partial charge in [0.1, 0.15) is 5.00 Å². The first kappa shape index (κ1) is 13.7. The molecule has 0 atom stereocenters. The highest BCUT2D eigenvalue weighted by atomic mass is 32.1. The summed E-state index contributed by atoms with van der Waals surface area (Å²) in [5.41, 5.74) is 0.184. The van der Waals surface area contributed by atoms with Crippen LogP contribution in [0, 0.1) is 0 Å². The number of hydrogen-bond donors (Lipinski definition) is 1. The van der Waals surface area contributed by atoms with E-state index in [0.29, 0.717) is 17.1 Å². The summed E-state index contributed by atoms with van der Waals surface area (Å²) in [6.45, 7) is 1.66. The van der Waals surface area contributed by atoms with E-state index in [0.717, 1.165) is 11.3 Å². The zero-order chi connectivity index (χ0) is 13.1. The number of alkyl halides is 3. The van der Waals surface area contributed by atoms with Gasteiger partial charge in [-0.2, -0.15) is 13.2 Å². The van der Waals surface area contributed by atoms with Gasteiger partial charge in [0.2, 0.25) is 0 Å². The molecule has 0 radical (unpaired) electrons. The van der Waals surface area contributed by atoms with Crippen molar-refractivity contribution in [2.24, 2.45) is 4.99 Å². The summed E-state index contributed by atoms with van der Waals surface area (Å²) in [6.07, 6.45) is -4.80. The van der Waals surface area contributed by atoms with Crippen molar-refractivity contribution in [1.82, 2.24) is 5.32 Å². The molecule has 1 heterocycles. The number of aldehydes is 1. The molecule has 1 N–H and O–H groups in total. The fraction of sp³-hybridized carbons (Fsp3) is 0.400. The predicted molar refractivity (Wildman–Crippen MR) is 61.3 cm³/mol. The number of thiophene rings is 1. The monoisotopic (exact) mass is 264 g/mol. The summed E-state index contributed by atoms with van der Waals surface area (Å²) in [7, 11) is 1.64. The Morgan fingerprint density at radius 1 is 1.59 bits per heavy atom. The van der Waals surface area contributed by atoms with Gasteiger partial charge in [0, 0.05) is 11.9 Å². The van der Waals surface area contributed by atoms with Crippen LogP contribution in [0.15, 0.2) is 11.1 Å². The van der Waals surface area contributed by atoms with Gasteiger partial charge in [-0.1, -0.05) is 0 Å². The van der Waals surface area contributed by atoms with Crippen molar-refractivity contribution in [2.75, 3.05) is 7.05 Å². The van der Waals surface area contributed by atoms with Gasteiger partial charge in [-0.15, -0.1) is 11.3 Å². The summed E-state index contributed by atoms with van der Waals surface area (Å²) in [6, 6.07) is 1.23. The molecular weight excluding hydrogens is 253 g/mol. The molecule has 0 spiro atoms. The molecule has 0 amide bonds. The molecule has 1 aromatic rings. The molecule has 0 aliphatic rings. The van der Waals surface area contributed by atoms with Gasteiger partial charge < -0.3 is 5.32 Å². The Labute approximate surface area is 100 Å². The standard InChI is InChI=1S/C10H11F3N2OS/c1-6(14-2)15-9-7(5-16)3-8(17-9)4-10(11,12)13/h3,5H,4H2,1-2H3,(H,14,15). The number of hydrogen-bond acceptors (Lipinski definition) is 3. The van der Waals surface area contributed by atoms with Gasteiger partial charge in [-0.3, -0.25) is 4.79 Å². The lowest BCUT2D eigenvalue weighted by Gasteiger charge is -2.02. The SMILES string of the molecule is CN/C(C)=N\c1sc(CC(F)(F)F)cc1C=O. The predicted octanol–water partition coefficient (Wildman–Crippen LogP) is 2.93. The number of amidine groups is 1. The second-order valence-corrected chi connectivity index (χ2v) is 4.45. The van der Waals surface area contributed by atoms with Crippen LogP contribution in [-0.2, 0) is 6.42 Å². The number of nitrogens with zero attached hydrogens (tertiary/aromatic N) is 1. The number of aliphatic imine (C=N–C) groups is 1. The van der Waals surface area contributed by atoms with Crippen molar-refractivity contribution < 1.29 is 18.0 Å². The van der Waals surface area contributed by atoms with Gasteiger partial charge in [-0.05, 0) is 13.0 Å². The number of nitrogens with one attached hydrogen (secondary N) is 1. The molecule has 7 heteroatoms. The lowest BCUT2D eigenvalue weighted by molar-refractivity contribution is -0.126. The zero-order valence-corrected chi connectivity index (χ0v) is 10.1. The van der Waals surface area contributed by atoms with E-state index in [9.17, 15) is 18.0 Å². The third-order valence-electron chi connectivity index (χ3n) is 1.92. The second kappa shape index (κ2) is 5.31. The molecule has 0 aliphatic carbocycles. The minimum absolute atomic E-state index is 0.0854. The molecular formula is C10H11F3N2OS. The lowest BCUT2D eigenvalue weighted by Crippen LogP contribution is -2.12. The Bertz CT molecular complexity index is 437. The van der Waals surface area contributed by atoms with E-state index in [2.05, 4.69) is 10.3 Å². The first-order valence-corrected chi connectivity index (χ1v) is 5.55. The molecule has 0 aromatic carbocycles. The average Bonchev–Trinajstić information content (AvgIpc) is 2.57.